The van der Waals surface area contributed by atoms with Gasteiger partial charge in [-0.15, -0.1) is 0 Å². The minimum Gasteiger partial charge on any atom is -0.497 e. The molecule has 1 atom stereocenters. The first-order valence-corrected chi connectivity index (χ1v) is 8.94. The van der Waals surface area contributed by atoms with E-state index < -0.39 is 0 Å². The number of guanidine groups is 1. The van der Waals surface area contributed by atoms with E-state index in [1.54, 1.807) is 21.3 Å². The van der Waals surface area contributed by atoms with E-state index in [9.17, 15) is 0 Å². The Hall–Kier alpha value is -2.89. The second kappa shape index (κ2) is 10.3. The van der Waals surface area contributed by atoms with E-state index in [2.05, 4.69) is 21.7 Å². The van der Waals surface area contributed by atoms with Gasteiger partial charge in [-0.25, -0.2) is 0 Å². The maximum absolute atomic E-state index is 5.92. The predicted octanol–water partition coefficient (Wildman–Crippen LogP) is 3.14. The van der Waals surface area contributed by atoms with Crippen molar-refractivity contribution >= 4 is 5.96 Å². The molecule has 146 valence electrons. The number of benzene rings is 2. The molecule has 0 aliphatic carbocycles. The van der Waals surface area contributed by atoms with E-state index in [0.29, 0.717) is 13.1 Å². The van der Waals surface area contributed by atoms with Crippen LogP contribution in [0.5, 0.6) is 17.2 Å². The molecule has 2 aromatic rings. The molecule has 0 heterocycles. The number of hydrogen-bond donors (Lipinski definition) is 2. The van der Waals surface area contributed by atoms with E-state index in [1.807, 2.05) is 50.2 Å². The lowest BCUT2D eigenvalue weighted by Crippen LogP contribution is -2.41. The zero-order valence-corrected chi connectivity index (χ0v) is 16.7. The van der Waals surface area contributed by atoms with Crippen LogP contribution in [0.1, 0.15) is 18.1 Å². The number of aliphatic imine (C=N–C) groups is 1. The number of nitrogens with zero attached hydrogens (tertiary/aromatic N) is 1. The molecule has 0 aliphatic rings. The van der Waals surface area contributed by atoms with Crippen LogP contribution in [0.4, 0.5) is 0 Å². The van der Waals surface area contributed by atoms with Crippen LogP contribution in [-0.2, 0) is 6.54 Å². The minimum absolute atomic E-state index is 0.0288. The summed E-state index contributed by atoms with van der Waals surface area (Å²) in [6, 6.07) is 13.7. The monoisotopic (exact) mass is 371 g/mol. The lowest BCUT2D eigenvalue weighted by atomic mass is 10.1. The van der Waals surface area contributed by atoms with E-state index in [-0.39, 0.29) is 6.10 Å². The van der Waals surface area contributed by atoms with Gasteiger partial charge in [0.25, 0.3) is 0 Å². The molecule has 2 N–H and O–H groups in total. The molecule has 0 amide bonds. The van der Waals surface area contributed by atoms with Crippen LogP contribution in [0.25, 0.3) is 0 Å². The fourth-order valence-electron chi connectivity index (χ4n) is 2.65. The van der Waals surface area contributed by atoms with Gasteiger partial charge in [-0.2, -0.15) is 0 Å². The molecular formula is C21H29N3O3. The van der Waals surface area contributed by atoms with Gasteiger partial charge in [0.1, 0.15) is 23.4 Å². The molecule has 0 saturated heterocycles. The van der Waals surface area contributed by atoms with E-state index >= 15 is 0 Å². The summed E-state index contributed by atoms with van der Waals surface area (Å²) in [6.07, 6.45) is -0.0288. The number of aryl methyl sites for hydroxylation is 1. The van der Waals surface area contributed by atoms with E-state index in [1.165, 1.54) is 0 Å². The largest absolute Gasteiger partial charge is 0.497 e. The molecule has 0 bridgehead atoms. The Morgan fingerprint density at radius 1 is 1.04 bits per heavy atom. The number of nitrogens with one attached hydrogen (secondary N) is 2. The Bertz CT molecular complexity index is 762. The van der Waals surface area contributed by atoms with Crippen LogP contribution in [0.15, 0.2) is 47.5 Å². The number of rotatable bonds is 8. The lowest BCUT2D eigenvalue weighted by Gasteiger charge is -2.18. The molecule has 0 fully saturated rings. The minimum atomic E-state index is -0.0288. The smallest absolute Gasteiger partial charge is 0.191 e. The fraction of sp³-hybridized carbons (Fsp3) is 0.381. The molecular weight excluding hydrogens is 342 g/mol. The number of methoxy groups -OCH3 is 2. The predicted molar refractivity (Wildman–Crippen MR) is 109 cm³/mol. The Morgan fingerprint density at radius 2 is 1.81 bits per heavy atom. The average Bonchev–Trinajstić information content (AvgIpc) is 2.68. The molecule has 0 saturated carbocycles. The normalized spacial score (nSPS) is 12.3. The van der Waals surface area contributed by atoms with Crippen molar-refractivity contribution in [2.45, 2.75) is 26.5 Å². The summed E-state index contributed by atoms with van der Waals surface area (Å²) in [4.78, 5) is 4.26. The van der Waals surface area contributed by atoms with Crippen LogP contribution in [0.3, 0.4) is 0 Å². The quantitative estimate of drug-likeness (QED) is 0.551. The van der Waals surface area contributed by atoms with Crippen molar-refractivity contribution in [2.24, 2.45) is 4.99 Å². The first-order chi connectivity index (χ1) is 13.0. The zero-order chi connectivity index (χ0) is 19.6. The van der Waals surface area contributed by atoms with Crippen molar-refractivity contribution in [3.8, 4) is 17.2 Å². The Labute approximate surface area is 161 Å². The lowest BCUT2D eigenvalue weighted by molar-refractivity contribution is 0.223. The summed E-state index contributed by atoms with van der Waals surface area (Å²) < 4.78 is 16.4. The van der Waals surface area contributed by atoms with Gasteiger partial charge in [-0.05, 0) is 43.2 Å². The van der Waals surface area contributed by atoms with Gasteiger partial charge in [0, 0.05) is 19.7 Å². The van der Waals surface area contributed by atoms with Crippen LogP contribution in [0, 0.1) is 6.92 Å². The highest BCUT2D eigenvalue weighted by molar-refractivity contribution is 5.79. The summed E-state index contributed by atoms with van der Waals surface area (Å²) in [6.45, 7) is 5.34. The number of ether oxygens (including phenoxy) is 3. The van der Waals surface area contributed by atoms with Crippen molar-refractivity contribution in [3.63, 3.8) is 0 Å². The fourth-order valence-corrected chi connectivity index (χ4v) is 2.65. The highest BCUT2D eigenvalue weighted by Gasteiger charge is 2.07. The van der Waals surface area contributed by atoms with Crippen molar-refractivity contribution in [3.05, 3.63) is 53.6 Å². The second-order valence-corrected chi connectivity index (χ2v) is 6.22. The summed E-state index contributed by atoms with van der Waals surface area (Å²) in [5.74, 6) is 3.18. The molecule has 2 aromatic carbocycles. The van der Waals surface area contributed by atoms with Gasteiger partial charge in [-0.1, -0.05) is 18.2 Å². The molecule has 2 rings (SSSR count). The summed E-state index contributed by atoms with van der Waals surface area (Å²) in [7, 11) is 5.08. The molecule has 0 radical (unpaired) electrons. The summed E-state index contributed by atoms with van der Waals surface area (Å²) in [5.41, 5.74) is 2.27. The maximum Gasteiger partial charge on any atom is 0.191 e. The van der Waals surface area contributed by atoms with Crippen LogP contribution >= 0.6 is 0 Å². The standard InChI is InChI=1S/C21H29N3O3/c1-15-11-17(9-10-20(15)26-5)14-24-21(22-3)23-13-16(2)27-19-8-6-7-18(12-19)25-4/h6-12,16H,13-14H2,1-5H3,(H2,22,23,24). The van der Waals surface area contributed by atoms with Crippen LogP contribution in [0.2, 0.25) is 0 Å². The van der Waals surface area contributed by atoms with Crippen molar-refractivity contribution in [1.29, 1.82) is 0 Å². The van der Waals surface area contributed by atoms with Gasteiger partial charge >= 0.3 is 0 Å². The molecule has 27 heavy (non-hydrogen) atoms. The molecule has 0 aliphatic heterocycles. The van der Waals surface area contributed by atoms with Crippen molar-refractivity contribution in [1.82, 2.24) is 10.6 Å². The van der Waals surface area contributed by atoms with Gasteiger partial charge in [-0.3, -0.25) is 4.99 Å². The number of hydrogen-bond acceptors (Lipinski definition) is 4. The third-order valence-corrected chi connectivity index (χ3v) is 4.08. The third kappa shape index (κ3) is 6.40. The Kier molecular flexibility index (Phi) is 7.79. The highest BCUT2D eigenvalue weighted by atomic mass is 16.5. The maximum atomic E-state index is 5.92. The molecule has 1 unspecified atom stereocenters. The first-order valence-electron chi connectivity index (χ1n) is 8.94. The third-order valence-electron chi connectivity index (χ3n) is 4.08. The average molecular weight is 371 g/mol. The second-order valence-electron chi connectivity index (χ2n) is 6.22. The van der Waals surface area contributed by atoms with E-state index in [4.69, 9.17) is 14.2 Å². The van der Waals surface area contributed by atoms with Crippen molar-refractivity contribution in [2.75, 3.05) is 27.8 Å². The first kappa shape index (κ1) is 20.4. The molecule has 6 heteroatoms. The van der Waals surface area contributed by atoms with Gasteiger partial charge in [0.05, 0.1) is 20.8 Å². The molecule has 0 aromatic heterocycles. The van der Waals surface area contributed by atoms with Crippen LogP contribution in [-0.4, -0.2) is 39.9 Å². The SMILES string of the molecule is CN=C(NCc1ccc(OC)c(C)c1)NCC(C)Oc1cccc(OC)c1. The topological polar surface area (TPSA) is 64.1 Å². The highest BCUT2D eigenvalue weighted by Crippen LogP contribution is 2.20. The zero-order valence-electron chi connectivity index (χ0n) is 16.7. The van der Waals surface area contributed by atoms with Gasteiger partial charge < -0.3 is 24.8 Å². The molecule has 6 nitrogen and oxygen atoms in total. The van der Waals surface area contributed by atoms with Gasteiger partial charge in [0.15, 0.2) is 5.96 Å². The van der Waals surface area contributed by atoms with Gasteiger partial charge in [0.2, 0.25) is 0 Å². The summed E-state index contributed by atoms with van der Waals surface area (Å²) in [5, 5.41) is 6.59. The van der Waals surface area contributed by atoms with E-state index in [0.717, 1.165) is 34.3 Å². The Morgan fingerprint density at radius 3 is 2.48 bits per heavy atom. The van der Waals surface area contributed by atoms with Crippen LogP contribution < -0.4 is 24.8 Å². The van der Waals surface area contributed by atoms with Crippen molar-refractivity contribution < 1.29 is 14.2 Å². The molecule has 0 spiro atoms. The Balaban J connectivity index is 1.81. The summed E-state index contributed by atoms with van der Waals surface area (Å²) >= 11 is 0.